The first-order chi connectivity index (χ1) is 27.5. The van der Waals surface area contributed by atoms with Gasteiger partial charge in [0, 0.05) is 58.6 Å². The van der Waals surface area contributed by atoms with Crippen molar-refractivity contribution in [3.05, 3.63) is 0 Å². The molecular weight excluding hydrogens is 839 g/mol. The molecule has 0 aromatic rings. The van der Waals surface area contributed by atoms with E-state index in [2.05, 4.69) is 65.5 Å². The summed E-state index contributed by atoms with van der Waals surface area (Å²) in [7, 11) is -2.23. The highest BCUT2D eigenvalue weighted by atomic mass is 28.3. The van der Waals surface area contributed by atoms with Crippen molar-refractivity contribution in [3.8, 4) is 0 Å². The molecular formula is C42H97NO13Si4. The molecule has 0 spiro atoms. The van der Waals surface area contributed by atoms with Crippen molar-refractivity contribution < 1.29 is 65.3 Å². The Morgan fingerprint density at radius 1 is 0.583 bits per heavy atom. The zero-order chi connectivity index (χ0) is 46.9. The maximum Gasteiger partial charge on any atom is 0.110 e. The highest BCUT2D eigenvalue weighted by molar-refractivity contribution is 6.82. The summed E-state index contributed by atoms with van der Waals surface area (Å²) in [6.07, 6.45) is -7.25. The van der Waals surface area contributed by atoms with Crippen molar-refractivity contribution in [2.24, 2.45) is 0 Å². The van der Waals surface area contributed by atoms with Gasteiger partial charge in [-0.3, -0.25) is 0 Å². The highest BCUT2D eigenvalue weighted by Gasteiger charge is 2.31. The Hall–Kier alpha value is 0.308. The smallest absolute Gasteiger partial charge is 0.110 e. The molecule has 1 saturated heterocycles. The lowest BCUT2D eigenvalue weighted by molar-refractivity contribution is -0.116. The Balaban J connectivity index is 0. The van der Waals surface area contributed by atoms with Crippen molar-refractivity contribution in [1.29, 1.82) is 0 Å². The fourth-order valence-electron chi connectivity index (χ4n) is 6.22. The normalized spacial score (nSPS) is 19.5. The summed E-state index contributed by atoms with van der Waals surface area (Å²) >= 11 is 0. The lowest BCUT2D eigenvalue weighted by Gasteiger charge is -2.29. The van der Waals surface area contributed by atoms with Gasteiger partial charge in [-0.2, -0.15) is 0 Å². The molecule has 0 radical (unpaired) electrons. The largest absolute Gasteiger partial charge is 0.394 e. The zero-order valence-corrected chi connectivity index (χ0v) is 44.4. The van der Waals surface area contributed by atoms with Crippen LogP contribution in [0.1, 0.15) is 46.0 Å². The first-order valence-corrected chi connectivity index (χ1v) is 36.9. The molecule has 10 atom stereocenters. The van der Waals surface area contributed by atoms with Crippen LogP contribution in [-0.4, -0.2) is 209 Å². The second-order valence-corrected chi connectivity index (χ2v) is 43.1. The third-order valence-electron chi connectivity index (χ3n) is 10.9. The summed E-state index contributed by atoms with van der Waals surface area (Å²) in [4.78, 5) is 1.68. The maximum atomic E-state index is 10.2. The predicted octanol–water partition coefficient (Wildman–Crippen LogP) is 3.65. The number of epoxide rings is 1. The van der Waals surface area contributed by atoms with E-state index in [-0.39, 0.29) is 26.1 Å². The van der Waals surface area contributed by atoms with Crippen LogP contribution in [-0.2, 0) is 14.2 Å². The Morgan fingerprint density at radius 2 is 1.02 bits per heavy atom. The summed E-state index contributed by atoms with van der Waals surface area (Å²) in [5.74, 6) is 0. The number of rotatable bonds is 32. The van der Waals surface area contributed by atoms with Gasteiger partial charge in [-0.05, 0) is 32.7 Å². The average Bonchev–Trinajstić information content (AvgIpc) is 3.98. The Kier molecular flexibility index (Phi) is 33.3. The maximum absolute atomic E-state index is 10.2. The van der Waals surface area contributed by atoms with E-state index < -0.39 is 93.8 Å². The quantitative estimate of drug-likeness (QED) is 0.0264. The van der Waals surface area contributed by atoms with E-state index in [9.17, 15) is 35.7 Å². The topological polar surface area (TPSA) is 237 Å². The molecule has 364 valence electrons. The van der Waals surface area contributed by atoms with Gasteiger partial charge >= 0.3 is 0 Å². The van der Waals surface area contributed by atoms with Crippen LogP contribution in [0.15, 0.2) is 0 Å². The molecule has 1 fully saturated rings. The summed E-state index contributed by atoms with van der Waals surface area (Å²) < 4.78 is 16.4. The van der Waals surface area contributed by atoms with E-state index in [0.717, 1.165) is 26.2 Å². The molecule has 10 unspecified atom stereocenters. The van der Waals surface area contributed by atoms with E-state index >= 15 is 0 Å². The molecule has 10 N–H and O–H groups in total. The molecule has 1 heterocycles. The number of aliphatic hydroxyl groups is 10. The monoisotopic (exact) mass is 936 g/mol. The number of aliphatic hydroxyl groups excluding tert-OH is 10. The van der Waals surface area contributed by atoms with Crippen molar-refractivity contribution in [2.45, 2.75) is 209 Å². The number of nitrogens with zero attached hydrogens (tertiary/aromatic N) is 1. The van der Waals surface area contributed by atoms with Crippen LogP contribution in [0.25, 0.3) is 0 Å². The van der Waals surface area contributed by atoms with Crippen molar-refractivity contribution in [2.75, 3.05) is 59.8 Å². The molecule has 0 aromatic carbocycles. The van der Waals surface area contributed by atoms with Gasteiger partial charge in [-0.15, -0.1) is 0 Å². The van der Waals surface area contributed by atoms with E-state index in [1.807, 2.05) is 6.92 Å². The van der Waals surface area contributed by atoms with Gasteiger partial charge in [0.25, 0.3) is 0 Å². The van der Waals surface area contributed by atoms with Crippen LogP contribution in [0.3, 0.4) is 0 Å². The molecule has 60 heavy (non-hydrogen) atoms. The molecule has 18 heteroatoms. The van der Waals surface area contributed by atoms with E-state index in [0.29, 0.717) is 25.6 Å². The van der Waals surface area contributed by atoms with Crippen molar-refractivity contribution >= 4 is 32.3 Å². The van der Waals surface area contributed by atoms with Crippen LogP contribution >= 0.6 is 0 Å². The second-order valence-electron chi connectivity index (χ2n) is 21.2. The third-order valence-corrected chi connectivity index (χ3v) is 22.0. The third kappa shape index (κ3) is 34.7. The van der Waals surface area contributed by atoms with Gasteiger partial charge in [-0.25, -0.2) is 0 Å². The predicted molar refractivity (Wildman–Crippen MR) is 255 cm³/mol. The molecule has 0 saturated carbocycles. The molecule has 0 bridgehead atoms. The van der Waals surface area contributed by atoms with Crippen molar-refractivity contribution in [1.82, 2.24) is 4.90 Å². The number of hydrogen-bond donors (Lipinski definition) is 10. The minimum Gasteiger partial charge on any atom is -0.394 e. The summed E-state index contributed by atoms with van der Waals surface area (Å²) in [5, 5.41) is 94.6. The highest BCUT2D eigenvalue weighted by Crippen LogP contribution is 2.26. The fourth-order valence-corrected chi connectivity index (χ4v) is 20.3. The number of likely N-dealkylation sites (N-methyl/N-ethyl adjacent to an activating group) is 1. The fraction of sp³-hybridized carbons (Fsp3) is 1.00. The molecule has 0 amide bonds. The summed E-state index contributed by atoms with van der Waals surface area (Å²) in [6.45, 7) is 31.5. The molecule has 14 nitrogen and oxygen atoms in total. The summed E-state index contributed by atoms with van der Waals surface area (Å²) in [6, 6.07) is 8.45. The minimum atomic E-state index is -1.51. The minimum absolute atomic E-state index is 0.0720. The van der Waals surface area contributed by atoms with E-state index in [1.54, 1.807) is 18.9 Å². The standard InChI is InChI=1S/C21H49NO6Si2.C13H30O2Si2.C8H18O5/c1-8-18(24)20(26)21(27)19(25)15-22(2)14-17(23)16-28-10-9-11-30(6,7)13-12-29(3,4)5;1-16(2,3)9-10-17(4,5)8-6-7-14-11-13-12-15-13;1-2-3-5(10)7(12)8(13)6(11)4-9/h17-21,23-27H,8-16H2,1-7H3;13H,6-12H2,1-5H3;5-13H,2-4H2,1H3. The Labute approximate surface area is 369 Å². The Morgan fingerprint density at radius 3 is 1.43 bits per heavy atom. The first-order valence-electron chi connectivity index (χ1n) is 22.7. The number of hydrogen-bond acceptors (Lipinski definition) is 14. The van der Waals surface area contributed by atoms with Crippen LogP contribution in [0, 0.1) is 0 Å². The summed E-state index contributed by atoms with van der Waals surface area (Å²) in [5.41, 5.74) is 0. The van der Waals surface area contributed by atoms with Crippen LogP contribution < -0.4 is 0 Å². The lowest BCUT2D eigenvalue weighted by Crippen LogP contribution is -2.49. The van der Waals surface area contributed by atoms with E-state index in [1.165, 1.54) is 42.7 Å². The van der Waals surface area contributed by atoms with Crippen LogP contribution in [0.2, 0.25) is 102 Å². The molecule has 0 aromatic heterocycles. The van der Waals surface area contributed by atoms with Gasteiger partial charge in [0.1, 0.15) is 36.6 Å². The lowest BCUT2D eigenvalue weighted by atomic mass is 10.0. The van der Waals surface area contributed by atoms with Crippen molar-refractivity contribution in [3.63, 3.8) is 0 Å². The number of ether oxygens (including phenoxy) is 3. The molecule has 0 aliphatic carbocycles. The first kappa shape index (κ1) is 62.4. The van der Waals surface area contributed by atoms with Gasteiger partial charge in [0.15, 0.2) is 0 Å². The van der Waals surface area contributed by atoms with Gasteiger partial charge < -0.3 is 70.2 Å². The Bertz CT molecular complexity index is 1040. The van der Waals surface area contributed by atoms with Crippen LogP contribution in [0.4, 0.5) is 0 Å². The SMILES string of the molecule is CCC(O)C(O)C(O)C(O)CN(C)CC(O)COCCC[Si](C)(C)CC[Si](C)(C)C.CCCC(O)C(O)C(O)C(O)CO.C[Si](C)(C)CC[Si](C)(C)CCCOCC1CO1. The molecule has 1 aliphatic heterocycles. The molecule has 1 rings (SSSR count). The molecule has 1 aliphatic rings. The van der Waals surface area contributed by atoms with Gasteiger partial charge in [0.2, 0.25) is 0 Å². The van der Waals surface area contributed by atoms with Crippen LogP contribution in [0.5, 0.6) is 0 Å². The zero-order valence-electron chi connectivity index (χ0n) is 40.4. The second kappa shape index (κ2) is 32.1. The average molecular weight is 937 g/mol. The van der Waals surface area contributed by atoms with Gasteiger partial charge in [-0.1, -0.05) is 122 Å². The van der Waals surface area contributed by atoms with Gasteiger partial charge in [0.05, 0.1) is 50.8 Å². The van der Waals surface area contributed by atoms with E-state index in [4.69, 9.17) is 29.5 Å².